The van der Waals surface area contributed by atoms with Crippen molar-refractivity contribution in [3.63, 3.8) is 0 Å². The lowest BCUT2D eigenvalue weighted by Gasteiger charge is -2.31. The van der Waals surface area contributed by atoms with E-state index in [1.165, 1.54) is 33.9 Å². The van der Waals surface area contributed by atoms with Crippen molar-refractivity contribution in [1.82, 2.24) is 14.9 Å². The van der Waals surface area contributed by atoms with E-state index in [1.54, 1.807) is 0 Å². The van der Waals surface area contributed by atoms with E-state index < -0.39 is 0 Å². The second kappa shape index (κ2) is 10.2. The molecule has 0 saturated carbocycles. The van der Waals surface area contributed by atoms with E-state index in [0.717, 1.165) is 37.7 Å². The fourth-order valence-corrected chi connectivity index (χ4v) is 6.12. The van der Waals surface area contributed by atoms with Crippen LogP contribution in [0.1, 0.15) is 40.3 Å². The lowest BCUT2D eigenvalue weighted by atomic mass is 9.96. The highest BCUT2D eigenvalue weighted by Gasteiger charge is 2.42. The summed E-state index contributed by atoms with van der Waals surface area (Å²) < 4.78 is 7.87. The molecule has 6 nitrogen and oxygen atoms in total. The lowest BCUT2D eigenvalue weighted by Crippen LogP contribution is -2.36. The van der Waals surface area contributed by atoms with Gasteiger partial charge in [0.05, 0.1) is 31.0 Å². The normalized spacial score (nSPS) is 19.6. The highest BCUT2D eigenvalue weighted by atomic mass is 32.1. The van der Waals surface area contributed by atoms with Gasteiger partial charge in [-0.15, -0.1) is 0 Å². The number of aryl methyl sites for hydroxylation is 2. The first-order chi connectivity index (χ1) is 18.5. The van der Waals surface area contributed by atoms with Crippen molar-refractivity contribution in [2.75, 3.05) is 36.1 Å². The van der Waals surface area contributed by atoms with Crippen LogP contribution in [0.3, 0.4) is 0 Å². The van der Waals surface area contributed by atoms with Crippen LogP contribution in [-0.4, -0.2) is 41.0 Å². The van der Waals surface area contributed by atoms with Gasteiger partial charge >= 0.3 is 0 Å². The zero-order chi connectivity index (χ0) is 26.2. The molecule has 194 valence electrons. The number of nitrogens with one attached hydrogen (secondary N) is 1. The first-order valence-electron chi connectivity index (χ1n) is 13.2. The largest absolute Gasteiger partial charge is 0.378 e. The Balaban J connectivity index is 1.43. The van der Waals surface area contributed by atoms with Crippen LogP contribution in [0.25, 0.3) is 5.69 Å². The molecule has 2 aromatic heterocycles. The van der Waals surface area contributed by atoms with Gasteiger partial charge in [0.25, 0.3) is 0 Å². The summed E-state index contributed by atoms with van der Waals surface area (Å²) in [5, 5.41) is 4.32. The molecule has 2 aliphatic heterocycles. The molecule has 4 aromatic rings. The van der Waals surface area contributed by atoms with Crippen LogP contribution in [0.2, 0.25) is 0 Å². The highest BCUT2D eigenvalue weighted by Crippen LogP contribution is 2.44. The summed E-state index contributed by atoms with van der Waals surface area (Å²) >= 11 is 5.98. The summed E-state index contributed by atoms with van der Waals surface area (Å²) in [6.45, 7) is 9.87. The number of rotatable bonds is 5. The van der Waals surface area contributed by atoms with E-state index in [2.05, 4.69) is 101 Å². The van der Waals surface area contributed by atoms with Gasteiger partial charge in [-0.05, 0) is 93.1 Å². The van der Waals surface area contributed by atoms with Gasteiger partial charge in [0.1, 0.15) is 0 Å². The van der Waals surface area contributed by atoms with Crippen molar-refractivity contribution in [3.8, 4) is 5.69 Å². The summed E-state index contributed by atoms with van der Waals surface area (Å²) in [5.41, 5.74) is 9.33. The molecular formula is C31H33N5OS. The summed E-state index contributed by atoms with van der Waals surface area (Å²) in [6.07, 6.45) is 1.85. The molecule has 1 N–H and O–H groups in total. The van der Waals surface area contributed by atoms with Crippen LogP contribution in [0.5, 0.6) is 0 Å². The number of hydrogen-bond acceptors (Lipinski definition) is 4. The molecule has 0 spiro atoms. The van der Waals surface area contributed by atoms with Gasteiger partial charge in [0, 0.05) is 47.7 Å². The van der Waals surface area contributed by atoms with Gasteiger partial charge in [0.15, 0.2) is 5.11 Å². The van der Waals surface area contributed by atoms with E-state index in [0.29, 0.717) is 5.11 Å². The molecule has 7 heteroatoms. The number of aromatic nitrogens is 2. The van der Waals surface area contributed by atoms with Gasteiger partial charge < -0.3 is 24.4 Å². The highest BCUT2D eigenvalue weighted by molar-refractivity contribution is 7.80. The van der Waals surface area contributed by atoms with Crippen molar-refractivity contribution in [2.45, 2.75) is 32.9 Å². The zero-order valence-corrected chi connectivity index (χ0v) is 22.9. The number of pyridine rings is 1. The number of nitrogens with zero attached hydrogens (tertiary/aromatic N) is 4. The maximum Gasteiger partial charge on any atom is 0.174 e. The summed E-state index contributed by atoms with van der Waals surface area (Å²) in [7, 11) is 0. The Morgan fingerprint density at radius 1 is 0.868 bits per heavy atom. The number of ether oxygens (including phenoxy) is 1. The molecule has 4 heterocycles. The Hall–Kier alpha value is -3.68. The average Bonchev–Trinajstić information content (AvgIpc) is 3.45. The predicted octanol–water partition coefficient (Wildman–Crippen LogP) is 5.81. The summed E-state index contributed by atoms with van der Waals surface area (Å²) in [4.78, 5) is 9.36. The average molecular weight is 524 g/mol. The van der Waals surface area contributed by atoms with Gasteiger partial charge in [-0.25, -0.2) is 0 Å². The molecule has 0 unspecified atom stereocenters. The number of morpholine rings is 1. The minimum absolute atomic E-state index is 0.0444. The van der Waals surface area contributed by atoms with E-state index in [4.69, 9.17) is 21.9 Å². The van der Waals surface area contributed by atoms with E-state index in [9.17, 15) is 0 Å². The predicted molar refractivity (Wildman–Crippen MR) is 157 cm³/mol. The Morgan fingerprint density at radius 2 is 1.55 bits per heavy atom. The Labute approximate surface area is 229 Å². The monoisotopic (exact) mass is 523 g/mol. The van der Waals surface area contributed by atoms with E-state index in [1.807, 2.05) is 18.3 Å². The van der Waals surface area contributed by atoms with Crippen molar-refractivity contribution in [1.29, 1.82) is 0 Å². The standard InChI is InChI=1S/C31H33N5OS/c1-21-7-9-25(10-8-21)35-22(2)20-27(23(35)3)30-29(28-6-4-5-15-32-28)33-31(38)36(30)26-13-11-24(12-14-26)34-16-18-37-19-17-34/h4-15,20,29-30H,16-19H2,1-3H3,(H,33,38)/t29-,30+/m1/s1. The molecule has 0 amide bonds. The van der Waals surface area contributed by atoms with Crippen molar-refractivity contribution >= 4 is 28.7 Å². The Bertz CT molecular complexity index is 1430. The SMILES string of the molecule is Cc1ccc(-n2c(C)cc([C@H]3[C@@H](c4ccccn4)NC(=S)N3c3ccc(N4CCOCC4)cc3)c2C)cc1. The molecule has 2 fully saturated rings. The second-order valence-electron chi connectivity index (χ2n) is 10.1. The maximum absolute atomic E-state index is 5.98. The summed E-state index contributed by atoms with van der Waals surface area (Å²) in [6, 6.07) is 25.7. The van der Waals surface area contributed by atoms with Crippen LogP contribution in [0.15, 0.2) is 79.0 Å². The van der Waals surface area contributed by atoms with Crippen LogP contribution in [0, 0.1) is 20.8 Å². The third kappa shape index (κ3) is 4.46. The van der Waals surface area contributed by atoms with Gasteiger partial charge in [-0.1, -0.05) is 23.8 Å². The van der Waals surface area contributed by atoms with Gasteiger partial charge in [0.2, 0.25) is 0 Å². The quantitative estimate of drug-likeness (QED) is 0.333. The maximum atomic E-state index is 5.98. The third-order valence-electron chi connectivity index (χ3n) is 7.68. The topological polar surface area (TPSA) is 45.6 Å². The minimum Gasteiger partial charge on any atom is -0.378 e. The second-order valence-corrected chi connectivity index (χ2v) is 10.5. The first kappa shape index (κ1) is 24.6. The van der Waals surface area contributed by atoms with Crippen LogP contribution in [0.4, 0.5) is 11.4 Å². The Morgan fingerprint density at radius 3 is 2.24 bits per heavy atom. The van der Waals surface area contributed by atoms with Crippen molar-refractivity contribution in [2.24, 2.45) is 0 Å². The molecule has 2 saturated heterocycles. The molecule has 38 heavy (non-hydrogen) atoms. The fraction of sp³-hybridized carbons (Fsp3) is 0.290. The zero-order valence-electron chi connectivity index (χ0n) is 22.1. The van der Waals surface area contributed by atoms with Gasteiger partial charge in [-0.2, -0.15) is 0 Å². The smallest absolute Gasteiger partial charge is 0.174 e. The minimum atomic E-state index is -0.0745. The molecule has 6 rings (SSSR count). The number of thiocarbonyl (C=S) groups is 1. The number of anilines is 2. The molecule has 0 bridgehead atoms. The van der Waals surface area contributed by atoms with Crippen LogP contribution >= 0.6 is 12.2 Å². The number of benzene rings is 2. The summed E-state index contributed by atoms with van der Waals surface area (Å²) in [5.74, 6) is 0. The Kier molecular flexibility index (Phi) is 6.64. The molecule has 2 aliphatic rings. The molecule has 0 aliphatic carbocycles. The number of hydrogen-bond donors (Lipinski definition) is 1. The van der Waals surface area contributed by atoms with E-state index in [-0.39, 0.29) is 12.1 Å². The molecule has 0 radical (unpaired) electrons. The molecule has 2 atom stereocenters. The van der Waals surface area contributed by atoms with Gasteiger partial charge in [-0.3, -0.25) is 4.98 Å². The van der Waals surface area contributed by atoms with Crippen molar-refractivity contribution < 1.29 is 4.74 Å². The van der Waals surface area contributed by atoms with E-state index >= 15 is 0 Å². The lowest BCUT2D eigenvalue weighted by molar-refractivity contribution is 0.122. The fourth-order valence-electron chi connectivity index (χ4n) is 5.77. The van der Waals surface area contributed by atoms with Crippen LogP contribution < -0.4 is 15.1 Å². The third-order valence-corrected chi connectivity index (χ3v) is 8.00. The van der Waals surface area contributed by atoms with Crippen LogP contribution in [-0.2, 0) is 4.74 Å². The molecule has 2 aromatic carbocycles. The molecular weight excluding hydrogens is 490 g/mol. The van der Waals surface area contributed by atoms with Crippen molar-refractivity contribution in [3.05, 3.63) is 107 Å². The first-order valence-corrected chi connectivity index (χ1v) is 13.6.